The molecule has 3 nitrogen and oxygen atoms in total. The van der Waals surface area contributed by atoms with Crippen molar-refractivity contribution in [3.8, 4) is 0 Å². The third kappa shape index (κ3) is 2.62. The van der Waals surface area contributed by atoms with E-state index in [4.69, 9.17) is 4.74 Å². The Hall–Kier alpha value is -0.700. The van der Waals surface area contributed by atoms with Crippen LogP contribution >= 0.6 is 0 Å². The van der Waals surface area contributed by atoms with Crippen LogP contribution in [0.3, 0.4) is 0 Å². The van der Waals surface area contributed by atoms with E-state index >= 15 is 0 Å². The molecule has 0 aromatic heterocycles. The Bertz CT molecular complexity index is 166. The molecule has 13 heavy (non-hydrogen) atoms. The van der Waals surface area contributed by atoms with Crippen molar-refractivity contribution in [1.82, 2.24) is 10.6 Å². The molecule has 2 aliphatic rings. The van der Waals surface area contributed by atoms with Crippen LogP contribution < -0.4 is 10.6 Å². The largest absolute Gasteiger partial charge is 0.464 e. The van der Waals surface area contributed by atoms with Crippen LogP contribution in [0.1, 0.15) is 38.5 Å². The molecule has 0 amide bonds. The second kappa shape index (κ2) is 4.51. The van der Waals surface area contributed by atoms with Gasteiger partial charge in [0.2, 0.25) is 6.35 Å². The molecule has 1 aliphatic heterocycles. The van der Waals surface area contributed by atoms with E-state index in [2.05, 4.69) is 10.6 Å². The summed E-state index contributed by atoms with van der Waals surface area (Å²) in [5.41, 5.74) is 0. The van der Waals surface area contributed by atoms with Crippen molar-refractivity contribution in [3.63, 3.8) is 0 Å². The first-order valence-electron chi connectivity index (χ1n) is 5.28. The summed E-state index contributed by atoms with van der Waals surface area (Å²) < 4.78 is 5.29. The van der Waals surface area contributed by atoms with Gasteiger partial charge in [0.15, 0.2) is 0 Å². The molecule has 2 rings (SSSR count). The molecule has 1 saturated carbocycles. The Morgan fingerprint density at radius 1 is 1.15 bits per heavy atom. The fourth-order valence-electron chi connectivity index (χ4n) is 2.03. The second-order valence-corrected chi connectivity index (χ2v) is 3.84. The predicted molar refractivity (Wildman–Crippen MR) is 51.8 cm³/mol. The summed E-state index contributed by atoms with van der Waals surface area (Å²) in [6.45, 7) is 0. The summed E-state index contributed by atoms with van der Waals surface area (Å²) >= 11 is 0. The highest BCUT2D eigenvalue weighted by molar-refractivity contribution is 4.82. The molecular weight excluding hydrogens is 164 g/mol. The summed E-state index contributed by atoms with van der Waals surface area (Å²) in [5.74, 6) is 0. The minimum atomic E-state index is 0.0168. The molecule has 0 aromatic rings. The topological polar surface area (TPSA) is 33.3 Å². The molecule has 0 radical (unpaired) electrons. The zero-order valence-corrected chi connectivity index (χ0v) is 7.96. The third-order valence-corrected chi connectivity index (χ3v) is 2.77. The van der Waals surface area contributed by atoms with E-state index in [1.165, 1.54) is 38.5 Å². The monoisotopic (exact) mass is 182 g/mol. The zero-order chi connectivity index (χ0) is 8.93. The summed E-state index contributed by atoms with van der Waals surface area (Å²) in [5, 5.41) is 6.57. The van der Waals surface area contributed by atoms with E-state index in [9.17, 15) is 0 Å². The van der Waals surface area contributed by atoms with Gasteiger partial charge in [-0.25, -0.2) is 0 Å². The van der Waals surface area contributed by atoms with Gasteiger partial charge < -0.3 is 10.1 Å². The molecule has 1 unspecified atom stereocenters. The first kappa shape index (κ1) is 8.88. The molecule has 0 saturated heterocycles. The van der Waals surface area contributed by atoms with Gasteiger partial charge in [0.1, 0.15) is 6.26 Å². The zero-order valence-electron chi connectivity index (χ0n) is 7.96. The van der Waals surface area contributed by atoms with Gasteiger partial charge in [-0.15, -0.1) is 0 Å². The summed E-state index contributed by atoms with van der Waals surface area (Å²) in [7, 11) is 0. The van der Waals surface area contributed by atoms with E-state index in [0.29, 0.717) is 6.04 Å². The maximum atomic E-state index is 5.29. The first-order valence-corrected chi connectivity index (χ1v) is 5.28. The maximum absolute atomic E-state index is 5.29. The summed E-state index contributed by atoms with van der Waals surface area (Å²) in [6.07, 6.45) is 11.7. The Labute approximate surface area is 79.5 Å². The normalized spacial score (nSPS) is 29.4. The number of nitrogens with one attached hydrogen (secondary N) is 2. The van der Waals surface area contributed by atoms with E-state index in [0.717, 1.165) is 0 Å². The van der Waals surface area contributed by atoms with E-state index in [-0.39, 0.29) is 6.35 Å². The average Bonchev–Trinajstić information content (AvgIpc) is 2.49. The van der Waals surface area contributed by atoms with Crippen molar-refractivity contribution in [2.45, 2.75) is 50.9 Å². The molecule has 1 atom stereocenters. The molecule has 1 aliphatic carbocycles. The van der Waals surface area contributed by atoms with Crippen molar-refractivity contribution < 1.29 is 4.74 Å². The highest BCUT2D eigenvalue weighted by Gasteiger charge is 2.17. The third-order valence-electron chi connectivity index (χ3n) is 2.77. The molecular formula is C10H18N2O. The Balaban J connectivity index is 1.72. The number of ether oxygens (including phenoxy) is 1. The van der Waals surface area contributed by atoms with Crippen LogP contribution in [0.25, 0.3) is 0 Å². The number of rotatable bonds is 2. The van der Waals surface area contributed by atoms with E-state index < -0.39 is 0 Å². The minimum absolute atomic E-state index is 0.0168. The van der Waals surface area contributed by atoms with Gasteiger partial charge >= 0.3 is 0 Å². The molecule has 0 aromatic carbocycles. The lowest BCUT2D eigenvalue weighted by atomic mass is 10.1. The molecule has 2 N–H and O–H groups in total. The van der Waals surface area contributed by atoms with Crippen LogP contribution in [0.15, 0.2) is 12.5 Å². The van der Waals surface area contributed by atoms with E-state index in [1.54, 1.807) is 6.26 Å². The van der Waals surface area contributed by atoms with Crippen molar-refractivity contribution in [2.75, 3.05) is 0 Å². The van der Waals surface area contributed by atoms with Crippen LogP contribution in [0.4, 0.5) is 0 Å². The summed E-state index contributed by atoms with van der Waals surface area (Å²) in [6, 6.07) is 0.639. The molecule has 1 fully saturated rings. The highest BCUT2D eigenvalue weighted by Crippen LogP contribution is 2.17. The maximum Gasteiger partial charge on any atom is 0.226 e. The molecule has 0 bridgehead atoms. The molecule has 1 heterocycles. The lowest BCUT2D eigenvalue weighted by Crippen LogP contribution is -2.44. The average molecular weight is 182 g/mol. The van der Waals surface area contributed by atoms with E-state index in [1.807, 2.05) is 6.20 Å². The lowest BCUT2D eigenvalue weighted by Gasteiger charge is -2.21. The Morgan fingerprint density at radius 3 is 2.54 bits per heavy atom. The fourth-order valence-corrected chi connectivity index (χ4v) is 2.03. The SMILES string of the molecule is C1=COC(NC2CCCCCC2)N1. The fraction of sp³-hybridized carbons (Fsp3) is 0.800. The van der Waals surface area contributed by atoms with Crippen molar-refractivity contribution in [1.29, 1.82) is 0 Å². The Kier molecular flexibility index (Phi) is 3.08. The van der Waals surface area contributed by atoms with Gasteiger partial charge in [0.25, 0.3) is 0 Å². The van der Waals surface area contributed by atoms with Crippen molar-refractivity contribution in [2.24, 2.45) is 0 Å². The molecule has 3 heteroatoms. The minimum Gasteiger partial charge on any atom is -0.464 e. The standard InChI is InChI=1S/C10H18N2O/c1-2-4-6-9(5-3-1)12-10-11-7-8-13-10/h7-12H,1-6H2. The van der Waals surface area contributed by atoms with Gasteiger partial charge in [-0.2, -0.15) is 0 Å². The lowest BCUT2D eigenvalue weighted by molar-refractivity contribution is 0.101. The quantitative estimate of drug-likeness (QED) is 0.637. The molecule has 0 spiro atoms. The van der Waals surface area contributed by atoms with Crippen molar-refractivity contribution in [3.05, 3.63) is 12.5 Å². The first-order chi connectivity index (χ1) is 6.45. The predicted octanol–water partition coefficient (Wildman–Crippen LogP) is 1.67. The second-order valence-electron chi connectivity index (χ2n) is 3.84. The number of hydrogen-bond acceptors (Lipinski definition) is 3. The van der Waals surface area contributed by atoms with Crippen molar-refractivity contribution >= 4 is 0 Å². The van der Waals surface area contributed by atoms with Gasteiger partial charge in [-0.3, -0.25) is 5.32 Å². The van der Waals surface area contributed by atoms with Crippen LogP contribution in [-0.4, -0.2) is 12.4 Å². The Morgan fingerprint density at radius 2 is 1.92 bits per heavy atom. The van der Waals surface area contributed by atoms with Gasteiger partial charge in [-0.05, 0) is 12.8 Å². The smallest absolute Gasteiger partial charge is 0.226 e. The van der Waals surface area contributed by atoms with Crippen LogP contribution in [0.5, 0.6) is 0 Å². The summed E-state index contributed by atoms with van der Waals surface area (Å²) in [4.78, 5) is 0. The highest BCUT2D eigenvalue weighted by atomic mass is 16.5. The molecule has 74 valence electrons. The van der Waals surface area contributed by atoms with Gasteiger partial charge in [-0.1, -0.05) is 25.7 Å². The van der Waals surface area contributed by atoms with Crippen LogP contribution in [0.2, 0.25) is 0 Å². The van der Waals surface area contributed by atoms with Crippen LogP contribution in [0, 0.1) is 0 Å². The van der Waals surface area contributed by atoms with Gasteiger partial charge in [0, 0.05) is 12.2 Å². The van der Waals surface area contributed by atoms with Crippen LogP contribution in [-0.2, 0) is 4.74 Å². The number of hydrogen-bond donors (Lipinski definition) is 2. The van der Waals surface area contributed by atoms with Gasteiger partial charge in [0.05, 0.1) is 0 Å².